The Morgan fingerprint density at radius 2 is 2.17 bits per heavy atom. The number of rotatable bonds is 7. The van der Waals surface area contributed by atoms with Crippen LogP contribution in [-0.4, -0.2) is 39.3 Å². The molecular formula is C16H21N5O3. The van der Waals surface area contributed by atoms with Gasteiger partial charge in [-0.1, -0.05) is 11.2 Å². The number of hydrogen-bond donors (Lipinski definition) is 1. The van der Waals surface area contributed by atoms with Gasteiger partial charge in [0.1, 0.15) is 0 Å². The third kappa shape index (κ3) is 4.80. The highest BCUT2D eigenvalue weighted by molar-refractivity contribution is 6.00. The molecule has 1 amide bonds. The largest absolute Gasteiger partial charge is 0.493 e. The minimum Gasteiger partial charge on any atom is -0.493 e. The van der Waals surface area contributed by atoms with Crippen LogP contribution in [0.25, 0.3) is 6.08 Å². The zero-order valence-electron chi connectivity index (χ0n) is 14.2. The molecule has 24 heavy (non-hydrogen) atoms. The molecular weight excluding hydrogens is 310 g/mol. The first-order valence-electron chi connectivity index (χ1n) is 7.63. The van der Waals surface area contributed by atoms with Gasteiger partial charge in [0.2, 0.25) is 0 Å². The van der Waals surface area contributed by atoms with Crippen LogP contribution in [-0.2, 0) is 11.3 Å². The van der Waals surface area contributed by atoms with Crippen LogP contribution in [0.5, 0.6) is 11.5 Å². The SMILES string of the molecule is CCn1nnc(NC(=O)/C=C/c2ccc(OC(C)C)c(OC)c2)n1. The van der Waals surface area contributed by atoms with Gasteiger partial charge in [-0.05, 0) is 49.8 Å². The van der Waals surface area contributed by atoms with E-state index in [2.05, 4.69) is 20.7 Å². The van der Waals surface area contributed by atoms with Crippen LogP contribution in [0.15, 0.2) is 24.3 Å². The molecule has 8 heteroatoms. The van der Waals surface area contributed by atoms with E-state index in [0.29, 0.717) is 18.0 Å². The van der Waals surface area contributed by atoms with Gasteiger partial charge in [-0.25, -0.2) is 0 Å². The summed E-state index contributed by atoms with van der Waals surface area (Å²) in [4.78, 5) is 13.3. The Morgan fingerprint density at radius 1 is 1.38 bits per heavy atom. The Labute approximate surface area is 140 Å². The van der Waals surface area contributed by atoms with Crippen molar-refractivity contribution in [3.05, 3.63) is 29.8 Å². The van der Waals surface area contributed by atoms with Crippen LogP contribution in [0.2, 0.25) is 0 Å². The molecule has 0 radical (unpaired) electrons. The maximum absolute atomic E-state index is 11.9. The van der Waals surface area contributed by atoms with E-state index in [-0.39, 0.29) is 18.0 Å². The second-order valence-corrected chi connectivity index (χ2v) is 5.20. The van der Waals surface area contributed by atoms with Crippen molar-refractivity contribution >= 4 is 17.9 Å². The zero-order chi connectivity index (χ0) is 17.5. The van der Waals surface area contributed by atoms with Crippen LogP contribution in [0, 0.1) is 0 Å². The lowest BCUT2D eigenvalue weighted by atomic mass is 10.2. The second-order valence-electron chi connectivity index (χ2n) is 5.20. The number of hydrogen-bond acceptors (Lipinski definition) is 6. The summed E-state index contributed by atoms with van der Waals surface area (Å²) in [5, 5.41) is 14.0. The highest BCUT2D eigenvalue weighted by atomic mass is 16.5. The number of benzene rings is 1. The van der Waals surface area contributed by atoms with E-state index in [4.69, 9.17) is 9.47 Å². The number of nitrogens with one attached hydrogen (secondary N) is 1. The predicted molar refractivity (Wildman–Crippen MR) is 89.9 cm³/mol. The van der Waals surface area contributed by atoms with E-state index in [9.17, 15) is 4.79 Å². The summed E-state index contributed by atoms with van der Waals surface area (Å²) in [5.41, 5.74) is 0.809. The van der Waals surface area contributed by atoms with Crippen molar-refractivity contribution in [2.24, 2.45) is 0 Å². The van der Waals surface area contributed by atoms with Crippen molar-refractivity contribution < 1.29 is 14.3 Å². The van der Waals surface area contributed by atoms with Crippen LogP contribution in [0.4, 0.5) is 5.95 Å². The summed E-state index contributed by atoms with van der Waals surface area (Å²) in [6.07, 6.45) is 3.11. The Balaban J connectivity index is 2.03. The standard InChI is InChI=1S/C16H21N5O3/c1-5-21-19-16(18-20-21)17-15(22)9-7-12-6-8-13(24-11(2)3)14(10-12)23-4/h6-11H,5H2,1-4H3,(H,17,19,22)/b9-7+. The van der Waals surface area contributed by atoms with Gasteiger partial charge in [0.15, 0.2) is 11.5 Å². The quantitative estimate of drug-likeness (QED) is 0.782. The Hall–Kier alpha value is -2.90. The first-order valence-corrected chi connectivity index (χ1v) is 7.63. The molecule has 1 heterocycles. The molecule has 128 valence electrons. The van der Waals surface area contributed by atoms with Crippen molar-refractivity contribution in [1.82, 2.24) is 20.2 Å². The van der Waals surface area contributed by atoms with Crippen molar-refractivity contribution in [2.75, 3.05) is 12.4 Å². The van der Waals surface area contributed by atoms with Gasteiger partial charge >= 0.3 is 0 Å². The zero-order valence-corrected chi connectivity index (χ0v) is 14.2. The highest BCUT2D eigenvalue weighted by Gasteiger charge is 2.07. The summed E-state index contributed by atoms with van der Waals surface area (Å²) in [6, 6.07) is 5.45. The average Bonchev–Trinajstić information content (AvgIpc) is 3.01. The Kier molecular flexibility index (Phi) is 5.89. The minimum atomic E-state index is -0.341. The number of tetrazole rings is 1. The molecule has 2 aromatic rings. The average molecular weight is 331 g/mol. The van der Waals surface area contributed by atoms with Crippen molar-refractivity contribution in [1.29, 1.82) is 0 Å². The monoisotopic (exact) mass is 331 g/mol. The normalized spacial score (nSPS) is 11.0. The van der Waals surface area contributed by atoms with E-state index in [1.165, 1.54) is 10.9 Å². The topological polar surface area (TPSA) is 91.2 Å². The van der Waals surface area contributed by atoms with E-state index in [1.54, 1.807) is 19.3 Å². The summed E-state index contributed by atoms with van der Waals surface area (Å²) in [7, 11) is 1.57. The van der Waals surface area contributed by atoms with E-state index in [0.717, 1.165) is 5.56 Å². The molecule has 1 aromatic heterocycles. The maximum Gasteiger partial charge on any atom is 0.270 e. The summed E-state index contributed by atoms with van der Waals surface area (Å²) in [5.74, 6) is 1.10. The highest BCUT2D eigenvalue weighted by Crippen LogP contribution is 2.29. The van der Waals surface area contributed by atoms with Gasteiger partial charge in [-0.15, -0.1) is 5.10 Å². The molecule has 0 aliphatic heterocycles. The molecule has 1 N–H and O–H groups in total. The number of carbonyl (C=O) groups excluding carboxylic acids is 1. The molecule has 2 rings (SSSR count). The Bertz CT molecular complexity index is 724. The number of carbonyl (C=O) groups is 1. The fraction of sp³-hybridized carbons (Fsp3) is 0.375. The first kappa shape index (κ1) is 17.5. The fourth-order valence-electron chi connectivity index (χ4n) is 1.89. The summed E-state index contributed by atoms with van der Waals surface area (Å²) >= 11 is 0. The van der Waals surface area contributed by atoms with Crippen molar-refractivity contribution in [3.8, 4) is 11.5 Å². The smallest absolute Gasteiger partial charge is 0.270 e. The Morgan fingerprint density at radius 3 is 2.79 bits per heavy atom. The van der Waals surface area contributed by atoms with Gasteiger partial charge in [0.05, 0.1) is 19.8 Å². The van der Waals surface area contributed by atoms with E-state index in [1.807, 2.05) is 32.9 Å². The number of ether oxygens (including phenoxy) is 2. The maximum atomic E-state index is 11.9. The van der Waals surface area contributed by atoms with Crippen LogP contribution in [0.1, 0.15) is 26.3 Å². The molecule has 0 aliphatic rings. The van der Waals surface area contributed by atoms with Gasteiger partial charge in [-0.3, -0.25) is 10.1 Å². The fourth-order valence-corrected chi connectivity index (χ4v) is 1.89. The number of aromatic nitrogens is 4. The van der Waals surface area contributed by atoms with Crippen molar-refractivity contribution in [3.63, 3.8) is 0 Å². The molecule has 0 bridgehead atoms. The third-order valence-corrected chi connectivity index (χ3v) is 2.95. The third-order valence-electron chi connectivity index (χ3n) is 2.95. The molecule has 0 fully saturated rings. The van der Waals surface area contributed by atoms with Crippen LogP contribution < -0.4 is 14.8 Å². The number of methoxy groups -OCH3 is 1. The second kappa shape index (κ2) is 8.09. The molecule has 0 aliphatic carbocycles. The lowest BCUT2D eigenvalue weighted by Crippen LogP contribution is -2.09. The molecule has 0 unspecified atom stereocenters. The molecule has 0 saturated heterocycles. The predicted octanol–water partition coefficient (Wildman–Crippen LogP) is 2.14. The first-order chi connectivity index (χ1) is 11.5. The number of nitrogens with zero attached hydrogens (tertiary/aromatic N) is 4. The molecule has 0 spiro atoms. The van der Waals surface area contributed by atoms with Gasteiger partial charge in [0.25, 0.3) is 11.9 Å². The van der Waals surface area contributed by atoms with Crippen molar-refractivity contribution in [2.45, 2.75) is 33.4 Å². The lowest BCUT2D eigenvalue weighted by Gasteiger charge is -2.13. The molecule has 0 saturated carbocycles. The van der Waals surface area contributed by atoms with E-state index >= 15 is 0 Å². The molecule has 1 aromatic carbocycles. The van der Waals surface area contributed by atoms with Crippen LogP contribution in [0.3, 0.4) is 0 Å². The number of aryl methyl sites for hydroxylation is 1. The van der Waals surface area contributed by atoms with Gasteiger partial charge < -0.3 is 9.47 Å². The number of amides is 1. The van der Waals surface area contributed by atoms with Gasteiger partial charge in [0, 0.05) is 6.08 Å². The number of anilines is 1. The van der Waals surface area contributed by atoms with E-state index < -0.39 is 0 Å². The molecule has 8 nitrogen and oxygen atoms in total. The van der Waals surface area contributed by atoms with Gasteiger partial charge in [-0.2, -0.15) is 4.80 Å². The lowest BCUT2D eigenvalue weighted by molar-refractivity contribution is -0.111. The minimum absolute atomic E-state index is 0.0510. The van der Waals surface area contributed by atoms with Crippen LogP contribution >= 0.6 is 0 Å². The summed E-state index contributed by atoms with van der Waals surface area (Å²) < 4.78 is 11.0. The summed E-state index contributed by atoms with van der Waals surface area (Å²) in [6.45, 7) is 6.36. The molecule has 0 atom stereocenters.